The molecule has 2 aromatic carbocycles. The van der Waals surface area contributed by atoms with E-state index in [1.165, 1.54) is 11.8 Å². The Morgan fingerprint density at radius 3 is 2.72 bits per heavy atom. The normalized spacial score (nSPS) is 14.7. The van der Waals surface area contributed by atoms with E-state index in [4.69, 9.17) is 9.15 Å². The first-order valence-corrected chi connectivity index (χ1v) is 10.6. The molecule has 0 aliphatic carbocycles. The summed E-state index contributed by atoms with van der Waals surface area (Å²) in [7, 11) is 0. The van der Waals surface area contributed by atoms with Crippen LogP contribution in [0.25, 0.3) is 0 Å². The zero-order chi connectivity index (χ0) is 22.7. The molecule has 166 valence electrons. The summed E-state index contributed by atoms with van der Waals surface area (Å²) in [4.78, 5) is 27.0. The summed E-state index contributed by atoms with van der Waals surface area (Å²) in [6.07, 6.45) is 2.44. The summed E-state index contributed by atoms with van der Waals surface area (Å²) in [6, 6.07) is 15.8. The first-order chi connectivity index (χ1) is 15.4. The number of fused-ring (bicyclic) bond motifs is 1. The lowest BCUT2D eigenvalue weighted by atomic mass is 10.1. The minimum absolute atomic E-state index is 0.205. The van der Waals surface area contributed by atoms with Crippen LogP contribution in [-0.2, 0) is 17.8 Å². The first kappa shape index (κ1) is 21.5. The van der Waals surface area contributed by atoms with Crippen molar-refractivity contribution >= 4 is 17.5 Å². The molecule has 0 saturated carbocycles. The third-order valence-electron chi connectivity index (χ3n) is 5.82. The fraction of sp³-hybridized carbons (Fsp3) is 0.280. The van der Waals surface area contributed by atoms with Crippen molar-refractivity contribution in [3.63, 3.8) is 0 Å². The number of carbonyl (C=O) groups is 2. The number of ether oxygens (including phenoxy) is 1. The van der Waals surface area contributed by atoms with E-state index < -0.39 is 11.8 Å². The smallest absolute Gasteiger partial charge is 0.276 e. The molecular formula is C25H27N3O4. The second kappa shape index (κ2) is 9.18. The Labute approximate surface area is 187 Å². The SMILES string of the molecule is Cc1ccc(OCC(=O)NNC(=O)c2ccoc2CN2c3ccccc3CC2C)cc1C. The van der Waals surface area contributed by atoms with E-state index >= 15 is 0 Å². The molecule has 7 nitrogen and oxygen atoms in total. The number of para-hydroxylation sites is 1. The second-order valence-corrected chi connectivity index (χ2v) is 8.10. The highest BCUT2D eigenvalue weighted by molar-refractivity contribution is 5.96. The van der Waals surface area contributed by atoms with E-state index in [2.05, 4.69) is 34.8 Å². The van der Waals surface area contributed by atoms with Crippen LogP contribution in [0.15, 0.2) is 59.2 Å². The predicted molar refractivity (Wildman–Crippen MR) is 122 cm³/mol. The molecule has 4 rings (SSSR count). The van der Waals surface area contributed by atoms with Crippen LogP contribution in [0.2, 0.25) is 0 Å². The van der Waals surface area contributed by atoms with Crippen LogP contribution in [0.5, 0.6) is 5.75 Å². The van der Waals surface area contributed by atoms with Crippen LogP contribution in [0.1, 0.15) is 39.7 Å². The second-order valence-electron chi connectivity index (χ2n) is 8.10. The van der Waals surface area contributed by atoms with Gasteiger partial charge in [0.05, 0.1) is 18.4 Å². The Morgan fingerprint density at radius 2 is 1.91 bits per heavy atom. The minimum atomic E-state index is -0.455. The van der Waals surface area contributed by atoms with E-state index in [0.29, 0.717) is 29.7 Å². The maximum Gasteiger partial charge on any atom is 0.276 e. The molecule has 0 fully saturated rings. The lowest BCUT2D eigenvalue weighted by molar-refractivity contribution is -0.123. The number of benzene rings is 2. The van der Waals surface area contributed by atoms with E-state index in [0.717, 1.165) is 23.2 Å². The Balaban J connectivity index is 1.32. The Hall–Kier alpha value is -3.74. The molecular weight excluding hydrogens is 406 g/mol. The highest BCUT2D eigenvalue weighted by atomic mass is 16.5. The molecule has 1 aliphatic rings. The van der Waals surface area contributed by atoms with Gasteiger partial charge in [-0.2, -0.15) is 0 Å². The Bertz CT molecular complexity index is 1140. The van der Waals surface area contributed by atoms with Crippen LogP contribution in [0.4, 0.5) is 5.69 Å². The summed E-state index contributed by atoms with van der Waals surface area (Å²) in [5, 5.41) is 0. The van der Waals surface area contributed by atoms with E-state index in [9.17, 15) is 9.59 Å². The number of hydrazine groups is 1. The third-order valence-corrected chi connectivity index (χ3v) is 5.82. The van der Waals surface area contributed by atoms with Gasteiger partial charge in [-0.05, 0) is 68.1 Å². The average Bonchev–Trinajstić information content (AvgIpc) is 3.37. The number of aryl methyl sites for hydroxylation is 2. The fourth-order valence-electron chi connectivity index (χ4n) is 3.87. The lowest BCUT2D eigenvalue weighted by Crippen LogP contribution is -2.44. The quantitative estimate of drug-likeness (QED) is 0.580. The summed E-state index contributed by atoms with van der Waals surface area (Å²) >= 11 is 0. The van der Waals surface area contributed by atoms with Crippen molar-refractivity contribution < 1.29 is 18.7 Å². The van der Waals surface area contributed by atoms with Crippen molar-refractivity contribution in [3.05, 3.63) is 82.8 Å². The molecule has 0 radical (unpaired) electrons. The highest BCUT2D eigenvalue weighted by Gasteiger charge is 2.28. The molecule has 2 heterocycles. The monoisotopic (exact) mass is 433 g/mol. The number of nitrogens with zero attached hydrogens (tertiary/aromatic N) is 1. The van der Waals surface area contributed by atoms with Crippen molar-refractivity contribution in [2.75, 3.05) is 11.5 Å². The molecule has 2 N–H and O–H groups in total. The van der Waals surface area contributed by atoms with Crippen molar-refractivity contribution in [1.29, 1.82) is 0 Å². The van der Waals surface area contributed by atoms with Gasteiger partial charge in [0, 0.05) is 11.7 Å². The molecule has 1 atom stereocenters. The number of rotatable bonds is 6. The molecule has 1 aromatic heterocycles. The predicted octanol–water partition coefficient (Wildman–Crippen LogP) is 3.69. The summed E-state index contributed by atoms with van der Waals surface area (Å²) in [5.74, 6) is 0.260. The van der Waals surface area contributed by atoms with Gasteiger partial charge in [0.25, 0.3) is 11.8 Å². The zero-order valence-corrected chi connectivity index (χ0v) is 18.5. The van der Waals surface area contributed by atoms with Crippen LogP contribution in [0.3, 0.4) is 0 Å². The van der Waals surface area contributed by atoms with Crippen molar-refractivity contribution in [2.45, 2.75) is 39.8 Å². The van der Waals surface area contributed by atoms with Gasteiger partial charge in [0.15, 0.2) is 6.61 Å². The molecule has 3 aromatic rings. The maximum absolute atomic E-state index is 12.6. The maximum atomic E-state index is 12.6. The fourth-order valence-corrected chi connectivity index (χ4v) is 3.87. The van der Waals surface area contributed by atoms with E-state index in [1.807, 2.05) is 44.2 Å². The molecule has 0 saturated heterocycles. The van der Waals surface area contributed by atoms with Crippen LogP contribution in [-0.4, -0.2) is 24.5 Å². The van der Waals surface area contributed by atoms with Gasteiger partial charge in [-0.3, -0.25) is 20.4 Å². The van der Waals surface area contributed by atoms with Gasteiger partial charge >= 0.3 is 0 Å². The number of amides is 2. The molecule has 2 amide bonds. The topological polar surface area (TPSA) is 83.8 Å². The van der Waals surface area contributed by atoms with Gasteiger partial charge in [0.2, 0.25) is 0 Å². The number of anilines is 1. The summed E-state index contributed by atoms with van der Waals surface area (Å²) < 4.78 is 11.1. The number of furan rings is 1. The van der Waals surface area contributed by atoms with Gasteiger partial charge in [0.1, 0.15) is 11.5 Å². The molecule has 1 unspecified atom stereocenters. The Morgan fingerprint density at radius 1 is 1.09 bits per heavy atom. The number of hydrogen-bond acceptors (Lipinski definition) is 5. The van der Waals surface area contributed by atoms with Crippen molar-refractivity contribution in [3.8, 4) is 5.75 Å². The zero-order valence-electron chi connectivity index (χ0n) is 18.5. The largest absolute Gasteiger partial charge is 0.484 e. The van der Waals surface area contributed by atoms with Gasteiger partial charge in [-0.15, -0.1) is 0 Å². The van der Waals surface area contributed by atoms with E-state index in [1.54, 1.807) is 6.07 Å². The first-order valence-electron chi connectivity index (χ1n) is 10.6. The van der Waals surface area contributed by atoms with Gasteiger partial charge in [-0.1, -0.05) is 24.3 Å². The standard InChI is InChI=1S/C25H27N3O4/c1-16-8-9-20(12-17(16)2)32-15-24(29)26-27-25(30)21-10-11-31-23(21)14-28-18(3)13-19-6-4-5-7-22(19)28/h4-12,18H,13-15H2,1-3H3,(H,26,29)(H,27,30). The van der Waals surface area contributed by atoms with Crippen molar-refractivity contribution in [2.24, 2.45) is 0 Å². The van der Waals surface area contributed by atoms with Crippen LogP contribution in [0, 0.1) is 13.8 Å². The molecule has 1 aliphatic heterocycles. The Kier molecular flexibility index (Phi) is 6.16. The lowest BCUT2D eigenvalue weighted by Gasteiger charge is -2.24. The molecule has 0 spiro atoms. The van der Waals surface area contributed by atoms with Gasteiger partial charge in [-0.25, -0.2) is 0 Å². The number of hydrogen-bond donors (Lipinski definition) is 2. The number of nitrogens with one attached hydrogen (secondary N) is 2. The highest BCUT2D eigenvalue weighted by Crippen LogP contribution is 2.33. The van der Waals surface area contributed by atoms with Crippen LogP contribution < -0.4 is 20.5 Å². The van der Waals surface area contributed by atoms with E-state index in [-0.39, 0.29) is 6.61 Å². The molecule has 7 heteroatoms. The molecule has 0 bridgehead atoms. The average molecular weight is 434 g/mol. The van der Waals surface area contributed by atoms with Crippen LogP contribution >= 0.6 is 0 Å². The van der Waals surface area contributed by atoms with Crippen molar-refractivity contribution in [1.82, 2.24) is 10.9 Å². The minimum Gasteiger partial charge on any atom is -0.484 e. The third kappa shape index (κ3) is 4.61. The van der Waals surface area contributed by atoms with Gasteiger partial charge < -0.3 is 14.1 Å². The molecule has 32 heavy (non-hydrogen) atoms. The summed E-state index contributed by atoms with van der Waals surface area (Å²) in [5.41, 5.74) is 9.89. The number of carbonyl (C=O) groups excluding carboxylic acids is 2. The summed E-state index contributed by atoms with van der Waals surface area (Å²) in [6.45, 7) is 6.40.